The van der Waals surface area contributed by atoms with Gasteiger partial charge in [-0.15, -0.1) is 11.3 Å². The van der Waals surface area contributed by atoms with Crippen LogP contribution in [0.15, 0.2) is 42.3 Å². The van der Waals surface area contributed by atoms with E-state index in [1.807, 2.05) is 16.8 Å². The minimum absolute atomic E-state index is 0.112. The highest BCUT2D eigenvalue weighted by Gasteiger charge is 2.27. The van der Waals surface area contributed by atoms with Crippen molar-refractivity contribution < 1.29 is 4.79 Å². The van der Waals surface area contributed by atoms with Crippen molar-refractivity contribution in [1.82, 2.24) is 24.8 Å². The van der Waals surface area contributed by atoms with E-state index >= 15 is 0 Å². The molecule has 4 heterocycles. The Hall–Kier alpha value is -2.74. The molecule has 8 heteroatoms. The number of hydrogen-bond donors (Lipinski definition) is 1. The monoisotopic (exact) mass is 438 g/mol. The molecule has 0 saturated carbocycles. The van der Waals surface area contributed by atoms with Gasteiger partial charge in [0.2, 0.25) is 11.9 Å². The molecule has 1 aliphatic heterocycles. The van der Waals surface area contributed by atoms with Crippen LogP contribution < -0.4 is 10.2 Å². The molecule has 3 aromatic heterocycles. The quantitative estimate of drug-likeness (QED) is 0.576. The molecule has 1 saturated heterocycles. The Labute approximate surface area is 187 Å². The zero-order valence-electron chi connectivity index (χ0n) is 18.2. The summed E-state index contributed by atoms with van der Waals surface area (Å²) in [5.74, 6) is 1.93. The summed E-state index contributed by atoms with van der Waals surface area (Å²) >= 11 is 1.73. The molecule has 31 heavy (non-hydrogen) atoms. The van der Waals surface area contributed by atoms with Gasteiger partial charge >= 0.3 is 0 Å². The van der Waals surface area contributed by atoms with Crippen molar-refractivity contribution in [3.63, 3.8) is 0 Å². The van der Waals surface area contributed by atoms with Crippen molar-refractivity contribution >= 4 is 23.1 Å². The number of anilines is 1. The van der Waals surface area contributed by atoms with Gasteiger partial charge in [-0.2, -0.15) is 4.98 Å². The van der Waals surface area contributed by atoms with Gasteiger partial charge in [-0.25, -0.2) is 9.97 Å². The first kappa shape index (κ1) is 21.5. The van der Waals surface area contributed by atoms with E-state index in [1.165, 1.54) is 4.88 Å². The summed E-state index contributed by atoms with van der Waals surface area (Å²) in [5.41, 5.74) is 0.999. The van der Waals surface area contributed by atoms with Gasteiger partial charge in [0.25, 0.3) is 0 Å². The molecule has 1 fully saturated rings. The highest BCUT2D eigenvalue weighted by Crippen LogP contribution is 2.28. The summed E-state index contributed by atoms with van der Waals surface area (Å²) in [7, 11) is 0. The van der Waals surface area contributed by atoms with Crippen LogP contribution in [-0.2, 0) is 11.2 Å². The predicted octanol–water partition coefficient (Wildman–Crippen LogP) is 3.96. The average Bonchev–Trinajstić information content (AvgIpc) is 3.48. The van der Waals surface area contributed by atoms with E-state index < -0.39 is 0 Å². The Morgan fingerprint density at radius 1 is 1.32 bits per heavy atom. The third-order valence-electron chi connectivity index (χ3n) is 5.66. The first-order valence-corrected chi connectivity index (χ1v) is 11.9. The Balaban J connectivity index is 1.48. The van der Waals surface area contributed by atoms with Crippen molar-refractivity contribution in [3.8, 4) is 5.95 Å². The van der Waals surface area contributed by atoms with Crippen LogP contribution in [0.5, 0.6) is 0 Å². The standard InChI is InChI=1S/C23H30N6OS/c1-17(2)20-15-21(27-23(26-20)28-12-10-24-16-28)29-11-4-3-6-18(29)14-22(30)25-9-8-19-7-5-13-31-19/h5,7,10,12-13,15-18H,3-4,6,8-9,11,14H2,1-2H3,(H,25,30). The molecule has 3 aromatic rings. The molecule has 0 bridgehead atoms. The number of carbonyl (C=O) groups is 1. The van der Waals surface area contributed by atoms with Crippen LogP contribution in [0.2, 0.25) is 0 Å². The fourth-order valence-electron chi connectivity index (χ4n) is 3.96. The lowest BCUT2D eigenvalue weighted by Crippen LogP contribution is -2.43. The van der Waals surface area contributed by atoms with Crippen LogP contribution in [0, 0.1) is 0 Å². The number of piperidine rings is 1. The Kier molecular flexibility index (Phi) is 6.96. The Morgan fingerprint density at radius 2 is 2.23 bits per heavy atom. The third kappa shape index (κ3) is 5.50. The number of aromatic nitrogens is 4. The zero-order chi connectivity index (χ0) is 21.6. The van der Waals surface area contributed by atoms with Crippen LogP contribution in [0.25, 0.3) is 5.95 Å². The van der Waals surface area contributed by atoms with E-state index in [0.717, 1.165) is 43.7 Å². The van der Waals surface area contributed by atoms with Gasteiger partial charge in [0, 0.05) is 48.9 Å². The van der Waals surface area contributed by atoms with Crippen molar-refractivity contribution in [3.05, 3.63) is 52.9 Å². The van der Waals surface area contributed by atoms with E-state index in [-0.39, 0.29) is 17.9 Å². The highest BCUT2D eigenvalue weighted by atomic mass is 32.1. The number of carbonyl (C=O) groups excluding carboxylic acids is 1. The molecule has 0 aliphatic carbocycles. The number of thiophene rings is 1. The molecule has 0 spiro atoms. The lowest BCUT2D eigenvalue weighted by atomic mass is 9.98. The third-order valence-corrected chi connectivity index (χ3v) is 6.60. The fourth-order valence-corrected chi connectivity index (χ4v) is 4.67. The molecule has 1 amide bonds. The number of amides is 1. The van der Waals surface area contributed by atoms with Gasteiger partial charge in [-0.1, -0.05) is 19.9 Å². The fraction of sp³-hybridized carbons (Fsp3) is 0.478. The van der Waals surface area contributed by atoms with Gasteiger partial charge in [0.1, 0.15) is 12.1 Å². The smallest absolute Gasteiger partial charge is 0.237 e. The van der Waals surface area contributed by atoms with Crippen molar-refractivity contribution in [2.45, 2.75) is 57.9 Å². The van der Waals surface area contributed by atoms with Crippen LogP contribution in [0.4, 0.5) is 5.82 Å². The molecule has 1 unspecified atom stereocenters. The largest absolute Gasteiger partial charge is 0.356 e. The van der Waals surface area contributed by atoms with Gasteiger partial charge in [-0.3, -0.25) is 9.36 Å². The SMILES string of the molecule is CC(C)c1cc(N2CCCCC2CC(=O)NCCc2cccs2)nc(-n2ccnc2)n1. The molecule has 164 valence electrons. The molecule has 1 aliphatic rings. The van der Waals surface area contributed by atoms with E-state index in [2.05, 4.69) is 46.6 Å². The summed E-state index contributed by atoms with van der Waals surface area (Å²) in [5, 5.41) is 5.17. The second-order valence-corrected chi connectivity index (χ2v) is 9.33. The average molecular weight is 439 g/mol. The van der Waals surface area contributed by atoms with E-state index in [0.29, 0.717) is 18.9 Å². The van der Waals surface area contributed by atoms with Crippen LogP contribution in [0.3, 0.4) is 0 Å². The summed E-state index contributed by atoms with van der Waals surface area (Å²) in [6.45, 7) is 5.87. The first-order valence-electron chi connectivity index (χ1n) is 11.0. The zero-order valence-corrected chi connectivity index (χ0v) is 19.0. The van der Waals surface area contributed by atoms with Crippen molar-refractivity contribution in [2.75, 3.05) is 18.0 Å². The highest BCUT2D eigenvalue weighted by molar-refractivity contribution is 7.09. The van der Waals surface area contributed by atoms with Crippen molar-refractivity contribution in [1.29, 1.82) is 0 Å². The van der Waals surface area contributed by atoms with Gasteiger partial charge in [-0.05, 0) is 43.0 Å². The second kappa shape index (κ2) is 10.0. The molecule has 1 atom stereocenters. The van der Waals surface area contributed by atoms with Gasteiger partial charge in [0.15, 0.2) is 0 Å². The summed E-state index contributed by atoms with van der Waals surface area (Å²) in [4.78, 5) is 30.0. The van der Waals surface area contributed by atoms with Crippen LogP contribution in [-0.4, -0.2) is 44.6 Å². The van der Waals surface area contributed by atoms with E-state index in [4.69, 9.17) is 9.97 Å². The molecule has 0 aromatic carbocycles. The maximum Gasteiger partial charge on any atom is 0.237 e. The van der Waals surface area contributed by atoms with Crippen LogP contribution in [0.1, 0.15) is 56.0 Å². The first-order chi connectivity index (χ1) is 15.1. The maximum atomic E-state index is 12.7. The van der Waals surface area contributed by atoms with Crippen molar-refractivity contribution in [2.24, 2.45) is 0 Å². The predicted molar refractivity (Wildman–Crippen MR) is 124 cm³/mol. The summed E-state index contributed by atoms with van der Waals surface area (Å²) in [6.07, 6.45) is 9.94. The lowest BCUT2D eigenvalue weighted by Gasteiger charge is -2.36. The molecular weight excluding hydrogens is 408 g/mol. The summed E-state index contributed by atoms with van der Waals surface area (Å²) in [6, 6.07) is 6.39. The lowest BCUT2D eigenvalue weighted by molar-refractivity contribution is -0.121. The van der Waals surface area contributed by atoms with E-state index in [9.17, 15) is 4.79 Å². The summed E-state index contributed by atoms with van der Waals surface area (Å²) < 4.78 is 1.84. The number of imidazole rings is 1. The normalized spacial score (nSPS) is 16.6. The minimum atomic E-state index is 0.112. The molecule has 4 rings (SSSR count). The van der Waals surface area contributed by atoms with Gasteiger partial charge in [0.05, 0.1) is 5.69 Å². The van der Waals surface area contributed by atoms with Gasteiger partial charge < -0.3 is 10.2 Å². The second-order valence-electron chi connectivity index (χ2n) is 8.30. The minimum Gasteiger partial charge on any atom is -0.356 e. The number of hydrogen-bond acceptors (Lipinski definition) is 6. The number of nitrogens with one attached hydrogen (secondary N) is 1. The number of nitrogens with zero attached hydrogens (tertiary/aromatic N) is 5. The Morgan fingerprint density at radius 3 is 2.97 bits per heavy atom. The number of rotatable bonds is 8. The topological polar surface area (TPSA) is 75.9 Å². The molecule has 1 N–H and O–H groups in total. The maximum absolute atomic E-state index is 12.7. The molecule has 0 radical (unpaired) electrons. The Bertz CT molecular complexity index is 970. The van der Waals surface area contributed by atoms with E-state index in [1.54, 1.807) is 23.9 Å². The van der Waals surface area contributed by atoms with Crippen LogP contribution >= 0.6 is 11.3 Å². The molecule has 7 nitrogen and oxygen atoms in total. The molecular formula is C23H30N6OS.